The molecule has 0 atom stereocenters. The zero-order chi connectivity index (χ0) is 14.8. The number of halogens is 1. The summed E-state index contributed by atoms with van der Waals surface area (Å²) in [5.41, 5.74) is 5.28. The fourth-order valence-corrected chi connectivity index (χ4v) is 2.25. The van der Waals surface area contributed by atoms with Crippen molar-refractivity contribution in [3.05, 3.63) is 5.15 Å². The number of hydrogen-bond donors (Lipinski definition) is 5. The maximum atomic E-state index is 9.31. The highest BCUT2D eigenvalue weighted by atomic mass is 35.5. The smallest absolute Gasteiger partial charge is 0.223 e. The van der Waals surface area contributed by atoms with E-state index in [0.29, 0.717) is 31.1 Å². The molecule has 9 heteroatoms. The van der Waals surface area contributed by atoms with E-state index in [9.17, 15) is 15.3 Å². The van der Waals surface area contributed by atoms with Crippen LogP contribution in [0.5, 0.6) is 0 Å². The summed E-state index contributed by atoms with van der Waals surface area (Å²) in [4.78, 5) is 9.86. The summed E-state index contributed by atoms with van der Waals surface area (Å²) in [5.74, 6) is 0.672. The molecule has 0 saturated heterocycles. The fourth-order valence-electron chi connectivity index (χ4n) is 2.01. The Labute approximate surface area is 121 Å². The Kier molecular flexibility index (Phi) is 4.48. The molecule has 2 heterocycles. The maximum Gasteiger partial charge on any atom is 0.223 e. The Morgan fingerprint density at radius 1 is 1.25 bits per heavy atom. The van der Waals surface area contributed by atoms with Gasteiger partial charge in [0.05, 0.1) is 26.5 Å². The molecule has 0 bridgehead atoms. The molecular weight excluding hydrogens is 286 g/mol. The number of fused-ring (bicyclic) bond motifs is 1. The van der Waals surface area contributed by atoms with Crippen molar-refractivity contribution in [3.8, 4) is 0 Å². The van der Waals surface area contributed by atoms with Gasteiger partial charge in [-0.1, -0.05) is 11.6 Å². The number of aromatic nitrogens is 2. The SMILES string of the molecule is Nc1nc(Cl)c2c(n1)N(CCC(CO)(CO)CO)CN2. The molecule has 6 N–H and O–H groups in total. The number of hydrogen-bond acceptors (Lipinski definition) is 8. The molecular formula is C11H18ClN5O3. The van der Waals surface area contributed by atoms with Gasteiger partial charge in [0.1, 0.15) is 5.69 Å². The van der Waals surface area contributed by atoms with Gasteiger partial charge in [-0.2, -0.15) is 9.97 Å². The van der Waals surface area contributed by atoms with Gasteiger partial charge >= 0.3 is 0 Å². The summed E-state index contributed by atoms with van der Waals surface area (Å²) < 4.78 is 0. The highest BCUT2D eigenvalue weighted by Gasteiger charge is 2.31. The third-order valence-corrected chi connectivity index (χ3v) is 3.80. The van der Waals surface area contributed by atoms with E-state index in [1.807, 2.05) is 4.90 Å². The molecule has 20 heavy (non-hydrogen) atoms. The fraction of sp³-hybridized carbons (Fsp3) is 0.636. The molecule has 0 saturated carbocycles. The molecule has 2 rings (SSSR count). The van der Waals surface area contributed by atoms with Gasteiger partial charge in [-0.15, -0.1) is 0 Å². The number of aliphatic hydroxyl groups excluding tert-OH is 3. The van der Waals surface area contributed by atoms with Crippen LogP contribution in [-0.4, -0.2) is 58.3 Å². The molecule has 1 aromatic heterocycles. The second-order valence-corrected chi connectivity index (χ2v) is 5.25. The molecule has 0 spiro atoms. The van der Waals surface area contributed by atoms with E-state index in [1.165, 1.54) is 0 Å². The quantitative estimate of drug-likeness (QED) is 0.435. The van der Waals surface area contributed by atoms with Crippen LogP contribution in [0.15, 0.2) is 0 Å². The Bertz CT molecular complexity index is 475. The summed E-state index contributed by atoms with van der Waals surface area (Å²) in [7, 11) is 0. The van der Waals surface area contributed by atoms with Crippen LogP contribution in [-0.2, 0) is 0 Å². The first-order chi connectivity index (χ1) is 9.55. The molecule has 1 aromatic rings. The van der Waals surface area contributed by atoms with E-state index in [4.69, 9.17) is 17.3 Å². The molecule has 1 aliphatic rings. The zero-order valence-corrected chi connectivity index (χ0v) is 11.6. The van der Waals surface area contributed by atoms with Crippen molar-refractivity contribution in [2.45, 2.75) is 6.42 Å². The Hall–Kier alpha value is -1.35. The minimum Gasteiger partial charge on any atom is -0.396 e. The van der Waals surface area contributed by atoms with Crippen molar-refractivity contribution >= 4 is 29.1 Å². The maximum absolute atomic E-state index is 9.31. The van der Waals surface area contributed by atoms with Crippen LogP contribution in [0.1, 0.15) is 6.42 Å². The largest absolute Gasteiger partial charge is 0.396 e. The summed E-state index contributed by atoms with van der Waals surface area (Å²) >= 11 is 5.97. The van der Waals surface area contributed by atoms with E-state index < -0.39 is 5.41 Å². The Balaban J connectivity index is 2.11. The summed E-state index contributed by atoms with van der Waals surface area (Å²) in [6.07, 6.45) is 0.402. The lowest BCUT2D eigenvalue weighted by Gasteiger charge is -2.29. The van der Waals surface area contributed by atoms with E-state index in [0.717, 1.165) is 0 Å². The average molecular weight is 304 g/mol. The number of nitrogens with two attached hydrogens (primary N) is 1. The lowest BCUT2D eigenvalue weighted by atomic mass is 9.87. The van der Waals surface area contributed by atoms with E-state index >= 15 is 0 Å². The molecule has 0 radical (unpaired) electrons. The van der Waals surface area contributed by atoms with Gasteiger partial charge in [-0.25, -0.2) is 0 Å². The van der Waals surface area contributed by atoms with Gasteiger partial charge in [0.2, 0.25) is 5.95 Å². The topological polar surface area (TPSA) is 128 Å². The molecule has 0 unspecified atom stereocenters. The van der Waals surface area contributed by atoms with Crippen LogP contribution in [0.4, 0.5) is 17.5 Å². The van der Waals surface area contributed by atoms with Gasteiger partial charge in [0, 0.05) is 12.0 Å². The predicted molar refractivity (Wildman–Crippen MR) is 75.6 cm³/mol. The van der Waals surface area contributed by atoms with Gasteiger partial charge in [-0.3, -0.25) is 0 Å². The predicted octanol–water partition coefficient (Wildman–Crippen LogP) is -0.745. The van der Waals surface area contributed by atoms with Gasteiger partial charge in [0.15, 0.2) is 11.0 Å². The van der Waals surface area contributed by atoms with E-state index in [2.05, 4.69) is 15.3 Å². The van der Waals surface area contributed by atoms with Gasteiger partial charge < -0.3 is 31.3 Å². The molecule has 1 aliphatic heterocycles. The highest BCUT2D eigenvalue weighted by Crippen LogP contribution is 2.35. The lowest BCUT2D eigenvalue weighted by Crippen LogP contribution is -2.38. The standard InChI is InChI=1S/C11H18ClN5O3/c12-8-7-9(16-10(13)15-8)17(6-14-7)2-1-11(3-18,4-19)5-20/h14,18-20H,1-6H2,(H2,13,15,16). The molecule has 0 fully saturated rings. The third-order valence-electron chi connectivity index (χ3n) is 3.53. The average Bonchev–Trinajstić information content (AvgIpc) is 2.84. The normalized spacial score (nSPS) is 14.3. The van der Waals surface area contributed by atoms with Crippen molar-refractivity contribution in [1.29, 1.82) is 0 Å². The second-order valence-electron chi connectivity index (χ2n) is 4.89. The number of aliphatic hydroxyl groups is 3. The van der Waals surface area contributed by atoms with Gasteiger partial charge in [0.25, 0.3) is 0 Å². The van der Waals surface area contributed by atoms with Crippen LogP contribution < -0.4 is 16.0 Å². The first-order valence-electron chi connectivity index (χ1n) is 6.19. The van der Waals surface area contributed by atoms with Gasteiger partial charge in [-0.05, 0) is 6.42 Å². The zero-order valence-electron chi connectivity index (χ0n) is 10.9. The highest BCUT2D eigenvalue weighted by molar-refractivity contribution is 6.32. The van der Waals surface area contributed by atoms with Crippen molar-refractivity contribution in [2.24, 2.45) is 5.41 Å². The molecule has 0 amide bonds. The Morgan fingerprint density at radius 3 is 2.50 bits per heavy atom. The second kappa shape index (κ2) is 5.96. The van der Waals surface area contributed by atoms with Crippen LogP contribution in [0, 0.1) is 5.41 Å². The Morgan fingerprint density at radius 2 is 1.90 bits per heavy atom. The van der Waals surface area contributed by atoms with Crippen LogP contribution in [0.25, 0.3) is 0 Å². The number of rotatable bonds is 6. The van der Waals surface area contributed by atoms with Crippen molar-refractivity contribution in [2.75, 3.05) is 49.0 Å². The number of nitrogens with zero attached hydrogens (tertiary/aromatic N) is 3. The van der Waals surface area contributed by atoms with Crippen LogP contribution >= 0.6 is 11.6 Å². The lowest BCUT2D eigenvalue weighted by molar-refractivity contribution is 0.00104. The number of nitrogens with one attached hydrogen (secondary N) is 1. The summed E-state index contributed by atoms with van der Waals surface area (Å²) in [5, 5.41) is 31.3. The molecule has 112 valence electrons. The molecule has 0 aromatic carbocycles. The van der Waals surface area contributed by atoms with Crippen molar-refractivity contribution in [3.63, 3.8) is 0 Å². The van der Waals surface area contributed by atoms with Crippen LogP contribution in [0.3, 0.4) is 0 Å². The van der Waals surface area contributed by atoms with Crippen LogP contribution in [0.2, 0.25) is 5.15 Å². The van der Waals surface area contributed by atoms with Crippen molar-refractivity contribution < 1.29 is 15.3 Å². The summed E-state index contributed by atoms with van der Waals surface area (Å²) in [6, 6.07) is 0. The van der Waals surface area contributed by atoms with E-state index in [-0.39, 0.29) is 30.9 Å². The number of nitrogen functional groups attached to an aromatic ring is 1. The first-order valence-corrected chi connectivity index (χ1v) is 6.57. The number of anilines is 3. The third kappa shape index (κ3) is 2.73. The minimum absolute atomic E-state index is 0.0835. The summed E-state index contributed by atoms with van der Waals surface area (Å²) in [6.45, 7) is 0.0857. The first kappa shape index (κ1) is 15.0. The monoisotopic (exact) mass is 303 g/mol. The molecule has 8 nitrogen and oxygen atoms in total. The van der Waals surface area contributed by atoms with E-state index in [1.54, 1.807) is 0 Å². The van der Waals surface area contributed by atoms with Crippen molar-refractivity contribution in [1.82, 2.24) is 9.97 Å². The molecule has 0 aliphatic carbocycles. The minimum atomic E-state index is -0.912.